The van der Waals surface area contributed by atoms with Gasteiger partial charge in [0.2, 0.25) is 0 Å². The van der Waals surface area contributed by atoms with Crippen molar-refractivity contribution in [1.29, 1.82) is 0 Å². The van der Waals surface area contributed by atoms with Gasteiger partial charge in [0.1, 0.15) is 5.82 Å². The standard InChI is InChI=1S/C19H20FN3O2S.ClH/c1-13-4-2-3-5-18(13)26(24,25)23-12-17(14-6-8-21-9-7-14)16-10-15(20)11-22-19(16)23;/h2-5,10-12,14,21H,6-9H2,1H3;1H. The molecule has 0 atom stereocenters. The summed E-state index contributed by atoms with van der Waals surface area (Å²) in [6, 6.07) is 8.25. The number of hydrogen-bond acceptors (Lipinski definition) is 4. The van der Waals surface area contributed by atoms with Crippen molar-refractivity contribution in [2.45, 2.75) is 30.6 Å². The van der Waals surface area contributed by atoms with E-state index < -0.39 is 15.8 Å². The normalized spacial score (nSPS) is 15.6. The first-order chi connectivity index (χ1) is 12.5. The average molecular weight is 410 g/mol. The van der Waals surface area contributed by atoms with E-state index in [1.807, 2.05) is 0 Å². The van der Waals surface area contributed by atoms with Crippen LogP contribution in [0.4, 0.5) is 4.39 Å². The maximum Gasteiger partial charge on any atom is 0.269 e. The number of fused-ring (bicyclic) bond motifs is 1. The van der Waals surface area contributed by atoms with E-state index in [0.29, 0.717) is 10.9 Å². The summed E-state index contributed by atoms with van der Waals surface area (Å²) in [5, 5.41) is 3.88. The molecule has 0 bridgehead atoms. The Labute approximate surface area is 164 Å². The zero-order valence-electron chi connectivity index (χ0n) is 14.9. The van der Waals surface area contributed by atoms with Gasteiger partial charge in [0.05, 0.1) is 11.1 Å². The van der Waals surface area contributed by atoms with Gasteiger partial charge in [0.15, 0.2) is 5.65 Å². The predicted octanol–water partition coefficient (Wildman–Crippen LogP) is 3.61. The maximum atomic E-state index is 13.8. The van der Waals surface area contributed by atoms with Crippen molar-refractivity contribution in [3.63, 3.8) is 0 Å². The van der Waals surface area contributed by atoms with E-state index in [1.54, 1.807) is 37.4 Å². The lowest BCUT2D eigenvalue weighted by atomic mass is 9.90. The van der Waals surface area contributed by atoms with Crippen LogP contribution < -0.4 is 5.32 Å². The fraction of sp³-hybridized carbons (Fsp3) is 0.316. The highest BCUT2D eigenvalue weighted by atomic mass is 35.5. The second-order valence-corrected chi connectivity index (χ2v) is 8.48. The minimum Gasteiger partial charge on any atom is -0.317 e. The molecular formula is C19H21ClFN3O2S. The highest BCUT2D eigenvalue weighted by molar-refractivity contribution is 7.90. The molecule has 1 aliphatic rings. The van der Waals surface area contributed by atoms with Crippen molar-refractivity contribution in [3.05, 3.63) is 59.7 Å². The quantitative estimate of drug-likeness (QED) is 0.717. The van der Waals surface area contributed by atoms with Gasteiger partial charge in [-0.05, 0) is 62.0 Å². The zero-order valence-corrected chi connectivity index (χ0v) is 16.5. The number of rotatable bonds is 3. The summed E-state index contributed by atoms with van der Waals surface area (Å²) in [7, 11) is -3.81. The summed E-state index contributed by atoms with van der Waals surface area (Å²) in [5.41, 5.74) is 1.80. The van der Waals surface area contributed by atoms with Crippen LogP contribution in [-0.4, -0.2) is 30.5 Å². The molecule has 0 amide bonds. The van der Waals surface area contributed by atoms with Gasteiger partial charge in [0, 0.05) is 11.6 Å². The number of aryl methyl sites for hydroxylation is 1. The Hall–Kier alpha value is -1.96. The highest BCUT2D eigenvalue weighted by Gasteiger charge is 2.27. The van der Waals surface area contributed by atoms with E-state index >= 15 is 0 Å². The summed E-state index contributed by atoms with van der Waals surface area (Å²) >= 11 is 0. The van der Waals surface area contributed by atoms with Gasteiger partial charge in [-0.3, -0.25) is 0 Å². The first-order valence-electron chi connectivity index (χ1n) is 8.67. The molecule has 1 aromatic carbocycles. The molecule has 8 heteroatoms. The van der Waals surface area contributed by atoms with Crippen LogP contribution in [-0.2, 0) is 10.0 Å². The molecule has 144 valence electrons. The minimum atomic E-state index is -3.81. The fourth-order valence-corrected chi connectivity index (χ4v) is 5.23. The molecule has 0 aliphatic carbocycles. The molecule has 1 fully saturated rings. The summed E-state index contributed by atoms with van der Waals surface area (Å²) in [5.74, 6) is -0.269. The van der Waals surface area contributed by atoms with Crippen molar-refractivity contribution in [2.24, 2.45) is 0 Å². The number of hydrogen-bond donors (Lipinski definition) is 1. The molecule has 1 aliphatic heterocycles. The van der Waals surface area contributed by atoms with Gasteiger partial charge in [-0.15, -0.1) is 12.4 Å². The van der Waals surface area contributed by atoms with Gasteiger partial charge < -0.3 is 5.32 Å². The molecule has 0 radical (unpaired) electrons. The Morgan fingerprint density at radius 3 is 2.63 bits per heavy atom. The van der Waals surface area contributed by atoms with Gasteiger partial charge >= 0.3 is 0 Å². The van der Waals surface area contributed by atoms with Crippen molar-refractivity contribution in [3.8, 4) is 0 Å². The predicted molar refractivity (Wildman–Crippen MR) is 106 cm³/mol. The van der Waals surface area contributed by atoms with Crippen LogP contribution in [0.2, 0.25) is 0 Å². The van der Waals surface area contributed by atoms with Crippen molar-refractivity contribution >= 4 is 33.5 Å². The first kappa shape index (κ1) is 19.8. The monoisotopic (exact) mass is 409 g/mol. The molecule has 3 heterocycles. The smallest absolute Gasteiger partial charge is 0.269 e. The molecule has 5 nitrogen and oxygen atoms in total. The van der Waals surface area contributed by atoms with E-state index in [1.165, 1.54) is 10.0 Å². The zero-order chi connectivity index (χ0) is 18.3. The Bertz CT molecular complexity index is 1080. The molecule has 1 N–H and O–H groups in total. The molecule has 3 aromatic rings. The lowest BCUT2D eigenvalue weighted by Crippen LogP contribution is -2.26. The van der Waals surface area contributed by atoms with E-state index in [9.17, 15) is 12.8 Å². The number of nitrogens with zero attached hydrogens (tertiary/aromatic N) is 2. The third-order valence-corrected chi connectivity index (χ3v) is 6.83. The van der Waals surface area contributed by atoms with Crippen molar-refractivity contribution in [1.82, 2.24) is 14.3 Å². The third kappa shape index (κ3) is 3.47. The van der Waals surface area contributed by atoms with Crippen LogP contribution in [0, 0.1) is 12.7 Å². The van der Waals surface area contributed by atoms with Gasteiger partial charge in [-0.25, -0.2) is 21.8 Å². The number of pyridine rings is 1. The summed E-state index contributed by atoms with van der Waals surface area (Å²) in [4.78, 5) is 4.35. The molecule has 2 aromatic heterocycles. The Balaban J connectivity index is 0.00000210. The Kier molecular flexibility index (Phi) is 5.55. The molecule has 1 saturated heterocycles. The molecule has 0 saturated carbocycles. The largest absolute Gasteiger partial charge is 0.317 e. The molecule has 0 spiro atoms. The highest BCUT2D eigenvalue weighted by Crippen LogP contribution is 2.34. The molecular weight excluding hydrogens is 389 g/mol. The van der Waals surface area contributed by atoms with Gasteiger partial charge in [-0.2, -0.15) is 0 Å². The van der Waals surface area contributed by atoms with E-state index in [2.05, 4.69) is 10.3 Å². The Morgan fingerprint density at radius 1 is 1.22 bits per heavy atom. The van der Waals surface area contributed by atoms with E-state index in [4.69, 9.17) is 0 Å². The van der Waals surface area contributed by atoms with Gasteiger partial charge in [-0.1, -0.05) is 18.2 Å². The third-order valence-electron chi connectivity index (χ3n) is 5.02. The second-order valence-electron chi connectivity index (χ2n) is 6.70. The van der Waals surface area contributed by atoms with Crippen LogP contribution in [0.25, 0.3) is 11.0 Å². The number of nitrogens with one attached hydrogen (secondary N) is 1. The topological polar surface area (TPSA) is 64.0 Å². The number of aromatic nitrogens is 2. The molecule has 27 heavy (non-hydrogen) atoms. The van der Waals surface area contributed by atoms with E-state index in [-0.39, 0.29) is 28.9 Å². The summed E-state index contributed by atoms with van der Waals surface area (Å²) in [6.07, 6.45) is 4.48. The molecule has 0 unspecified atom stereocenters. The van der Waals surface area contributed by atoms with Crippen LogP contribution in [0.5, 0.6) is 0 Å². The average Bonchev–Trinajstić information content (AvgIpc) is 3.02. The fourth-order valence-electron chi connectivity index (χ4n) is 3.67. The number of benzene rings is 1. The SMILES string of the molecule is Cc1ccccc1S(=O)(=O)n1cc(C2CCNCC2)c2cc(F)cnc21.Cl. The number of piperidine rings is 1. The molecule has 4 rings (SSSR count). The second kappa shape index (κ2) is 7.58. The Morgan fingerprint density at radius 2 is 1.93 bits per heavy atom. The van der Waals surface area contributed by atoms with Crippen molar-refractivity contribution in [2.75, 3.05) is 13.1 Å². The summed E-state index contributed by atoms with van der Waals surface area (Å²) in [6.45, 7) is 3.49. The lowest BCUT2D eigenvalue weighted by Gasteiger charge is -2.22. The van der Waals surface area contributed by atoms with Crippen LogP contribution in [0.1, 0.15) is 29.9 Å². The first-order valence-corrected chi connectivity index (χ1v) is 10.1. The van der Waals surface area contributed by atoms with Crippen LogP contribution >= 0.6 is 12.4 Å². The summed E-state index contributed by atoms with van der Waals surface area (Å²) < 4.78 is 41.6. The minimum absolute atomic E-state index is 0. The van der Waals surface area contributed by atoms with Crippen LogP contribution in [0.15, 0.2) is 47.6 Å². The lowest BCUT2D eigenvalue weighted by molar-refractivity contribution is 0.462. The number of halogens is 2. The van der Waals surface area contributed by atoms with Gasteiger partial charge in [0.25, 0.3) is 10.0 Å². The maximum absolute atomic E-state index is 13.8. The van der Waals surface area contributed by atoms with Crippen molar-refractivity contribution < 1.29 is 12.8 Å². The van der Waals surface area contributed by atoms with Crippen LogP contribution in [0.3, 0.4) is 0 Å². The van der Waals surface area contributed by atoms with E-state index in [0.717, 1.165) is 37.7 Å².